The summed E-state index contributed by atoms with van der Waals surface area (Å²) in [6.07, 6.45) is 2.86. The summed E-state index contributed by atoms with van der Waals surface area (Å²) in [5, 5.41) is 0.121. The van der Waals surface area contributed by atoms with E-state index in [4.69, 9.17) is 0 Å². The van der Waals surface area contributed by atoms with Crippen molar-refractivity contribution in [2.45, 2.75) is 18.7 Å². The SMILES string of the molecule is C/C=C(\C)C(=O)NS(=O)(=O)c1ccc(F)c2ncccc12. The number of carbonyl (C=O) groups excluding carboxylic acids is 1. The number of aromatic nitrogens is 1. The number of carbonyl (C=O) groups is 1. The molecule has 0 unspecified atom stereocenters. The van der Waals surface area contributed by atoms with Gasteiger partial charge in [0.05, 0.1) is 4.90 Å². The number of fused-ring (bicyclic) bond motifs is 1. The summed E-state index contributed by atoms with van der Waals surface area (Å²) in [5.74, 6) is -1.35. The van der Waals surface area contributed by atoms with Gasteiger partial charge in [-0.15, -0.1) is 0 Å². The van der Waals surface area contributed by atoms with Gasteiger partial charge in [0, 0.05) is 17.2 Å². The van der Waals surface area contributed by atoms with Crippen LogP contribution in [0.1, 0.15) is 13.8 Å². The number of hydrogen-bond acceptors (Lipinski definition) is 4. The first-order valence-corrected chi connectivity index (χ1v) is 7.58. The molecule has 0 fully saturated rings. The molecule has 1 aromatic carbocycles. The molecule has 0 spiro atoms. The maximum absolute atomic E-state index is 13.6. The molecule has 21 heavy (non-hydrogen) atoms. The van der Waals surface area contributed by atoms with E-state index in [0.717, 1.165) is 12.1 Å². The van der Waals surface area contributed by atoms with Crippen molar-refractivity contribution in [2.24, 2.45) is 0 Å². The Labute approximate surface area is 121 Å². The standard InChI is InChI=1S/C14H13FN2O3S/c1-3-9(2)14(18)17-21(19,20)12-7-6-11(15)13-10(12)5-4-8-16-13/h3-8H,1-2H3,(H,17,18)/b9-3+. The number of pyridine rings is 1. The van der Waals surface area contributed by atoms with E-state index in [1.165, 1.54) is 31.3 Å². The normalized spacial score (nSPS) is 12.4. The zero-order chi connectivity index (χ0) is 15.6. The molecule has 0 aliphatic rings. The summed E-state index contributed by atoms with van der Waals surface area (Å²) in [7, 11) is -4.11. The molecular formula is C14H13FN2O3S. The van der Waals surface area contributed by atoms with Gasteiger partial charge in [-0.3, -0.25) is 9.78 Å². The van der Waals surface area contributed by atoms with Crippen LogP contribution in [0.5, 0.6) is 0 Å². The molecule has 0 atom stereocenters. The monoisotopic (exact) mass is 308 g/mol. The maximum Gasteiger partial charge on any atom is 0.264 e. The third-order valence-corrected chi connectivity index (χ3v) is 4.38. The highest BCUT2D eigenvalue weighted by Crippen LogP contribution is 2.23. The molecule has 2 aromatic rings. The van der Waals surface area contributed by atoms with Crippen LogP contribution in [0.15, 0.2) is 47.0 Å². The molecule has 0 aliphatic heterocycles. The first-order chi connectivity index (χ1) is 9.86. The van der Waals surface area contributed by atoms with E-state index in [1.54, 1.807) is 6.92 Å². The highest BCUT2D eigenvalue weighted by Gasteiger charge is 2.22. The van der Waals surface area contributed by atoms with Gasteiger partial charge in [0.1, 0.15) is 11.3 Å². The lowest BCUT2D eigenvalue weighted by Crippen LogP contribution is -2.31. The molecule has 0 saturated carbocycles. The number of halogens is 1. The van der Waals surface area contributed by atoms with Gasteiger partial charge in [0.25, 0.3) is 15.9 Å². The molecule has 0 saturated heterocycles. The van der Waals surface area contributed by atoms with E-state index in [-0.39, 0.29) is 21.4 Å². The second-order valence-corrected chi connectivity index (χ2v) is 6.00. The summed E-state index contributed by atoms with van der Waals surface area (Å²) < 4.78 is 40.2. The van der Waals surface area contributed by atoms with Crippen LogP contribution >= 0.6 is 0 Å². The Morgan fingerprint density at radius 2 is 2.05 bits per heavy atom. The van der Waals surface area contributed by atoms with Crippen LogP contribution in [0.25, 0.3) is 10.9 Å². The highest BCUT2D eigenvalue weighted by molar-refractivity contribution is 7.90. The van der Waals surface area contributed by atoms with E-state index in [9.17, 15) is 17.6 Å². The number of nitrogens with zero attached hydrogens (tertiary/aromatic N) is 1. The van der Waals surface area contributed by atoms with Gasteiger partial charge >= 0.3 is 0 Å². The van der Waals surface area contributed by atoms with Crippen molar-refractivity contribution in [2.75, 3.05) is 0 Å². The van der Waals surface area contributed by atoms with E-state index >= 15 is 0 Å². The second kappa shape index (κ2) is 5.61. The van der Waals surface area contributed by atoms with Crippen LogP contribution < -0.4 is 4.72 Å². The first kappa shape index (κ1) is 15.1. The van der Waals surface area contributed by atoms with Crippen molar-refractivity contribution >= 4 is 26.8 Å². The Kier molecular flexibility index (Phi) is 4.04. The molecule has 1 N–H and O–H groups in total. The maximum atomic E-state index is 13.6. The summed E-state index contributed by atoms with van der Waals surface area (Å²) in [5.41, 5.74) is 0.207. The van der Waals surface area contributed by atoms with Gasteiger partial charge in [-0.25, -0.2) is 17.5 Å². The highest BCUT2D eigenvalue weighted by atomic mass is 32.2. The number of sulfonamides is 1. The number of rotatable bonds is 3. The molecule has 5 nitrogen and oxygen atoms in total. The summed E-state index contributed by atoms with van der Waals surface area (Å²) in [6.45, 7) is 3.12. The van der Waals surface area contributed by atoms with E-state index in [2.05, 4.69) is 4.98 Å². The smallest absolute Gasteiger partial charge is 0.264 e. The Bertz CT molecular complexity index is 844. The van der Waals surface area contributed by atoms with E-state index in [0.29, 0.717) is 0 Å². The predicted octanol–water partition coefficient (Wildman–Crippen LogP) is 2.15. The lowest BCUT2D eigenvalue weighted by atomic mass is 10.2. The molecule has 1 heterocycles. The molecule has 7 heteroatoms. The van der Waals surface area contributed by atoms with Gasteiger partial charge in [0.2, 0.25) is 0 Å². The van der Waals surface area contributed by atoms with Crippen LogP contribution in [0, 0.1) is 5.82 Å². The minimum absolute atomic E-state index is 0.0596. The number of benzene rings is 1. The molecule has 1 aromatic heterocycles. The Morgan fingerprint density at radius 1 is 1.33 bits per heavy atom. The molecule has 1 amide bonds. The van der Waals surface area contributed by atoms with Gasteiger partial charge in [0.15, 0.2) is 0 Å². The fraction of sp³-hybridized carbons (Fsp3) is 0.143. The van der Waals surface area contributed by atoms with Crippen LogP contribution in [0.3, 0.4) is 0 Å². The van der Waals surface area contributed by atoms with Crippen molar-refractivity contribution in [1.82, 2.24) is 9.71 Å². The van der Waals surface area contributed by atoms with E-state index in [1.807, 2.05) is 4.72 Å². The second-order valence-electron chi connectivity index (χ2n) is 4.35. The van der Waals surface area contributed by atoms with Gasteiger partial charge in [-0.1, -0.05) is 6.08 Å². The summed E-state index contributed by atoms with van der Waals surface area (Å²) >= 11 is 0. The molecule has 110 valence electrons. The van der Waals surface area contributed by atoms with Crippen LogP contribution in [-0.2, 0) is 14.8 Å². The number of allylic oxidation sites excluding steroid dienone is 1. The van der Waals surface area contributed by atoms with Crippen LogP contribution in [0.2, 0.25) is 0 Å². The zero-order valence-corrected chi connectivity index (χ0v) is 12.2. The first-order valence-electron chi connectivity index (χ1n) is 6.10. The number of nitrogens with one attached hydrogen (secondary N) is 1. The van der Waals surface area contributed by atoms with E-state index < -0.39 is 21.7 Å². The Balaban J connectivity index is 2.56. The van der Waals surface area contributed by atoms with Crippen molar-refractivity contribution < 1.29 is 17.6 Å². The molecule has 2 rings (SSSR count). The lowest BCUT2D eigenvalue weighted by molar-refractivity contribution is -0.115. The fourth-order valence-corrected chi connectivity index (χ4v) is 2.95. The largest absolute Gasteiger partial charge is 0.269 e. The zero-order valence-electron chi connectivity index (χ0n) is 11.4. The van der Waals surface area contributed by atoms with Crippen molar-refractivity contribution in [3.63, 3.8) is 0 Å². The third kappa shape index (κ3) is 2.92. The van der Waals surface area contributed by atoms with Crippen molar-refractivity contribution in [3.05, 3.63) is 47.9 Å². The quantitative estimate of drug-likeness (QED) is 0.881. The average Bonchev–Trinajstić information content (AvgIpc) is 2.46. The Morgan fingerprint density at radius 3 is 2.71 bits per heavy atom. The van der Waals surface area contributed by atoms with Crippen molar-refractivity contribution in [1.29, 1.82) is 0 Å². The van der Waals surface area contributed by atoms with Crippen molar-refractivity contribution in [3.8, 4) is 0 Å². The minimum atomic E-state index is -4.11. The van der Waals surface area contributed by atoms with Crippen LogP contribution in [0.4, 0.5) is 4.39 Å². The third-order valence-electron chi connectivity index (χ3n) is 2.99. The summed E-state index contributed by atoms with van der Waals surface area (Å²) in [6, 6.07) is 5.06. The van der Waals surface area contributed by atoms with Gasteiger partial charge in [-0.2, -0.15) is 0 Å². The summed E-state index contributed by atoms with van der Waals surface area (Å²) in [4.78, 5) is 15.3. The Hall–Kier alpha value is -2.28. The fourth-order valence-electron chi connectivity index (χ4n) is 1.73. The molecule has 0 bridgehead atoms. The number of amides is 1. The van der Waals surface area contributed by atoms with Gasteiger partial charge < -0.3 is 0 Å². The van der Waals surface area contributed by atoms with Crippen LogP contribution in [-0.4, -0.2) is 19.3 Å². The lowest BCUT2D eigenvalue weighted by Gasteiger charge is -2.09. The molecular weight excluding hydrogens is 295 g/mol. The van der Waals surface area contributed by atoms with Gasteiger partial charge in [-0.05, 0) is 38.1 Å². The topological polar surface area (TPSA) is 76.1 Å². The average molecular weight is 308 g/mol. The minimum Gasteiger partial charge on any atom is -0.269 e. The number of hydrogen-bond donors (Lipinski definition) is 1. The molecule has 0 aliphatic carbocycles. The predicted molar refractivity (Wildman–Crippen MR) is 76.5 cm³/mol. The molecule has 0 radical (unpaired) electrons.